The summed E-state index contributed by atoms with van der Waals surface area (Å²) in [6.45, 7) is 4.22. The van der Waals surface area contributed by atoms with E-state index in [1.807, 2.05) is 29.8 Å². The molecule has 4 aliphatic heterocycles. The van der Waals surface area contributed by atoms with Crippen LogP contribution in [0.4, 0.5) is 10.5 Å². The van der Waals surface area contributed by atoms with Crippen molar-refractivity contribution in [3.05, 3.63) is 29.8 Å². The number of piperidine rings is 2. The Morgan fingerprint density at radius 3 is 2.41 bits per heavy atom. The fourth-order valence-corrected chi connectivity index (χ4v) is 6.41. The highest BCUT2D eigenvalue weighted by Gasteiger charge is 2.52. The van der Waals surface area contributed by atoms with E-state index in [1.165, 1.54) is 5.56 Å². The average molecular weight is 398 g/mol. The number of rotatable bonds is 2. The van der Waals surface area contributed by atoms with Crippen molar-refractivity contribution in [2.24, 2.45) is 0 Å². The molecule has 156 valence electrons. The van der Waals surface area contributed by atoms with Crippen molar-refractivity contribution >= 4 is 17.7 Å². The van der Waals surface area contributed by atoms with E-state index in [-0.39, 0.29) is 17.4 Å². The van der Waals surface area contributed by atoms with Gasteiger partial charge >= 0.3 is 6.09 Å². The van der Waals surface area contributed by atoms with E-state index in [1.54, 1.807) is 0 Å². The number of para-hydroxylation sites is 1. The molecule has 2 amide bonds. The highest BCUT2D eigenvalue weighted by Crippen LogP contribution is 2.48. The molecular weight excluding hydrogens is 366 g/mol. The molecular formula is C23H31N3O3. The minimum absolute atomic E-state index is 0.132. The molecule has 6 nitrogen and oxygen atoms in total. The van der Waals surface area contributed by atoms with Crippen molar-refractivity contribution in [2.45, 2.75) is 69.0 Å². The number of ether oxygens (including phenoxy) is 1. The number of anilines is 1. The number of carbonyl (C=O) groups excluding carboxylic acids is 2. The van der Waals surface area contributed by atoms with Gasteiger partial charge in [0.05, 0.1) is 12.0 Å². The summed E-state index contributed by atoms with van der Waals surface area (Å²) in [5.74, 6) is 0.260. The van der Waals surface area contributed by atoms with E-state index in [2.05, 4.69) is 23.1 Å². The highest BCUT2D eigenvalue weighted by atomic mass is 16.6. The minimum Gasteiger partial charge on any atom is -0.450 e. The lowest BCUT2D eigenvalue weighted by Crippen LogP contribution is -2.56. The molecule has 1 spiro atoms. The van der Waals surface area contributed by atoms with Crippen molar-refractivity contribution < 1.29 is 14.3 Å². The van der Waals surface area contributed by atoms with E-state index in [4.69, 9.17) is 4.74 Å². The first kappa shape index (κ1) is 18.9. The molecule has 0 saturated carbocycles. The molecule has 0 aliphatic carbocycles. The summed E-state index contributed by atoms with van der Waals surface area (Å²) >= 11 is 0. The largest absolute Gasteiger partial charge is 0.450 e. The maximum absolute atomic E-state index is 13.2. The summed E-state index contributed by atoms with van der Waals surface area (Å²) in [7, 11) is 1.91. The third-order valence-corrected chi connectivity index (χ3v) is 7.85. The normalized spacial score (nSPS) is 30.7. The zero-order chi connectivity index (χ0) is 20.2. The quantitative estimate of drug-likeness (QED) is 0.769. The summed E-state index contributed by atoms with van der Waals surface area (Å²) in [4.78, 5) is 32.0. The van der Waals surface area contributed by atoms with Crippen molar-refractivity contribution in [1.82, 2.24) is 9.80 Å². The van der Waals surface area contributed by atoms with Gasteiger partial charge in [0.2, 0.25) is 5.91 Å². The lowest BCUT2D eigenvalue weighted by molar-refractivity contribution is -0.125. The number of nitrogens with zero attached hydrogens (tertiary/aromatic N) is 3. The molecule has 2 unspecified atom stereocenters. The van der Waals surface area contributed by atoms with E-state index >= 15 is 0 Å². The third-order valence-electron chi connectivity index (χ3n) is 7.85. The Morgan fingerprint density at radius 2 is 1.76 bits per heavy atom. The third kappa shape index (κ3) is 2.79. The first-order valence-electron chi connectivity index (χ1n) is 11.1. The summed E-state index contributed by atoms with van der Waals surface area (Å²) in [5, 5.41) is 0. The summed E-state index contributed by atoms with van der Waals surface area (Å²) in [5.41, 5.74) is 1.95. The van der Waals surface area contributed by atoms with Crippen LogP contribution >= 0.6 is 0 Å². The van der Waals surface area contributed by atoms with Gasteiger partial charge in [-0.25, -0.2) is 4.79 Å². The molecule has 1 aromatic carbocycles. The van der Waals surface area contributed by atoms with E-state index in [9.17, 15) is 9.59 Å². The summed E-state index contributed by atoms with van der Waals surface area (Å²) in [6, 6.07) is 9.43. The second-order valence-corrected chi connectivity index (χ2v) is 9.12. The molecule has 3 saturated heterocycles. The molecule has 2 atom stereocenters. The van der Waals surface area contributed by atoms with Crippen LogP contribution in [0.2, 0.25) is 0 Å². The van der Waals surface area contributed by atoms with Gasteiger partial charge in [0, 0.05) is 30.9 Å². The highest BCUT2D eigenvalue weighted by molar-refractivity contribution is 6.07. The van der Waals surface area contributed by atoms with E-state index in [0.717, 1.165) is 57.3 Å². The Balaban J connectivity index is 1.28. The molecule has 1 aromatic rings. The molecule has 5 rings (SSSR count). The molecule has 29 heavy (non-hydrogen) atoms. The second-order valence-electron chi connectivity index (χ2n) is 9.12. The van der Waals surface area contributed by atoms with E-state index in [0.29, 0.717) is 24.7 Å². The van der Waals surface area contributed by atoms with Crippen LogP contribution in [0.3, 0.4) is 0 Å². The number of hydrogen-bond donors (Lipinski definition) is 0. The summed E-state index contributed by atoms with van der Waals surface area (Å²) < 4.78 is 5.29. The number of hydrogen-bond acceptors (Lipinski definition) is 4. The van der Waals surface area contributed by atoms with Gasteiger partial charge in [-0.15, -0.1) is 0 Å². The average Bonchev–Trinajstić information content (AvgIpc) is 3.12. The van der Waals surface area contributed by atoms with Crippen LogP contribution in [-0.2, 0) is 14.9 Å². The zero-order valence-corrected chi connectivity index (χ0v) is 17.5. The Morgan fingerprint density at radius 1 is 1.10 bits per heavy atom. The SMILES string of the molecule is CCOC(=O)N1C2CCC1CC(N1CCC3(CC1)C(=O)N(C)c1ccccc13)C2. The maximum atomic E-state index is 13.2. The Kier molecular flexibility index (Phi) is 4.57. The van der Waals surface area contributed by atoms with Gasteiger partial charge in [0.15, 0.2) is 0 Å². The Labute approximate surface area is 172 Å². The number of likely N-dealkylation sites (tertiary alicyclic amines) is 1. The first-order chi connectivity index (χ1) is 14.0. The Bertz CT molecular complexity index is 803. The van der Waals surface area contributed by atoms with Crippen molar-refractivity contribution in [1.29, 1.82) is 0 Å². The minimum atomic E-state index is -0.341. The standard InChI is InChI=1S/C23H31N3O3/c1-3-29-22(28)26-16-8-9-17(26)15-18(14-16)25-12-10-23(11-13-25)19-6-4-5-7-20(19)24(2)21(23)27/h4-7,16-18H,3,8-15H2,1-2H3. The number of benzene rings is 1. The lowest BCUT2D eigenvalue weighted by atomic mass is 9.73. The van der Waals surface area contributed by atoms with E-state index < -0.39 is 0 Å². The number of fused-ring (bicyclic) bond motifs is 4. The van der Waals surface area contributed by atoms with Gasteiger partial charge in [0.1, 0.15) is 0 Å². The van der Waals surface area contributed by atoms with Gasteiger partial charge in [0.25, 0.3) is 0 Å². The van der Waals surface area contributed by atoms with Crippen molar-refractivity contribution in [3.8, 4) is 0 Å². The van der Waals surface area contributed by atoms with Gasteiger partial charge in [-0.05, 0) is 70.2 Å². The molecule has 3 fully saturated rings. The topological polar surface area (TPSA) is 53.1 Å². The molecule has 0 aromatic heterocycles. The van der Waals surface area contributed by atoms with Crippen LogP contribution in [-0.4, -0.2) is 66.7 Å². The molecule has 0 N–H and O–H groups in total. The molecule has 4 aliphatic rings. The van der Waals surface area contributed by atoms with Crippen LogP contribution in [0.1, 0.15) is 51.0 Å². The van der Waals surface area contributed by atoms with Crippen LogP contribution in [0.5, 0.6) is 0 Å². The molecule has 4 heterocycles. The van der Waals surface area contributed by atoms with Gasteiger partial charge in [-0.3, -0.25) is 4.79 Å². The smallest absolute Gasteiger partial charge is 0.410 e. The molecule has 6 heteroatoms. The zero-order valence-electron chi connectivity index (χ0n) is 17.5. The monoisotopic (exact) mass is 397 g/mol. The fraction of sp³-hybridized carbons (Fsp3) is 0.652. The Hall–Kier alpha value is -2.08. The predicted octanol–water partition coefficient (Wildman–Crippen LogP) is 3.15. The summed E-state index contributed by atoms with van der Waals surface area (Å²) in [6.07, 6.45) is 5.90. The lowest BCUT2D eigenvalue weighted by Gasteiger charge is -2.46. The molecule has 2 bridgehead atoms. The number of carbonyl (C=O) groups is 2. The van der Waals surface area contributed by atoms with Crippen molar-refractivity contribution in [2.75, 3.05) is 31.6 Å². The first-order valence-corrected chi connectivity index (χ1v) is 11.1. The van der Waals surface area contributed by atoms with Crippen LogP contribution in [0, 0.1) is 0 Å². The van der Waals surface area contributed by atoms with Gasteiger partial charge in [-0.1, -0.05) is 18.2 Å². The van der Waals surface area contributed by atoms with Crippen molar-refractivity contribution in [3.63, 3.8) is 0 Å². The predicted molar refractivity (Wildman–Crippen MR) is 111 cm³/mol. The van der Waals surface area contributed by atoms with Gasteiger partial charge in [-0.2, -0.15) is 0 Å². The number of likely N-dealkylation sites (N-methyl/N-ethyl adjacent to an activating group) is 1. The number of amides is 2. The fourth-order valence-electron chi connectivity index (χ4n) is 6.41. The van der Waals surface area contributed by atoms with Crippen LogP contribution in [0.15, 0.2) is 24.3 Å². The maximum Gasteiger partial charge on any atom is 0.410 e. The second kappa shape index (κ2) is 7.01. The van der Waals surface area contributed by atoms with Gasteiger partial charge < -0.3 is 19.4 Å². The van der Waals surface area contributed by atoms with Crippen LogP contribution < -0.4 is 4.90 Å². The van der Waals surface area contributed by atoms with Crippen LogP contribution in [0.25, 0.3) is 0 Å². The molecule has 0 radical (unpaired) electrons.